The van der Waals surface area contributed by atoms with Crippen molar-refractivity contribution in [1.82, 2.24) is 5.32 Å². The van der Waals surface area contributed by atoms with E-state index in [1.807, 2.05) is 0 Å². The van der Waals surface area contributed by atoms with Crippen LogP contribution in [0.1, 0.15) is 271 Å². The van der Waals surface area contributed by atoms with E-state index in [1.54, 1.807) is 0 Å². The quantitative estimate of drug-likeness (QED) is 0.0367. The second kappa shape index (κ2) is 44.8. The number of hydrogen-bond acceptors (Lipinski definition) is 4. The third kappa shape index (κ3) is 40.7. The van der Waals surface area contributed by atoms with Gasteiger partial charge in [-0.1, -0.05) is 238 Å². The Hall–Kier alpha value is -0.910. The number of hydrogen-bond donors (Lipinski definition) is 4. The maximum absolute atomic E-state index is 12.5. The molecule has 0 heterocycles. The summed E-state index contributed by atoms with van der Waals surface area (Å²) in [6.45, 7) is 4.29. The standard InChI is InChI=1S/C49H97NO4/c1-3-5-7-9-11-13-15-17-19-21-22-23-24-25-27-28-30-32-34-36-38-40-42-46(52)44-49(54)50-47(45-51)48(53)43-41-39-37-35-33-31-29-26-20-18-16-14-12-10-8-6-4-2/h25,27,46-48,51-53H,3-24,26,28-45H2,1-2H3,(H,50,54)/b27-25-. The number of aliphatic hydroxyl groups excluding tert-OH is 3. The minimum absolute atomic E-state index is 0.0356. The Labute approximate surface area is 338 Å². The molecule has 5 heteroatoms. The minimum atomic E-state index is -0.748. The topological polar surface area (TPSA) is 89.8 Å². The van der Waals surface area contributed by atoms with Crippen LogP contribution in [0.4, 0.5) is 0 Å². The Morgan fingerprint density at radius 1 is 0.444 bits per heavy atom. The van der Waals surface area contributed by atoms with Gasteiger partial charge in [0.05, 0.1) is 31.3 Å². The normalized spacial score (nSPS) is 13.5. The zero-order valence-electron chi connectivity index (χ0n) is 36.6. The lowest BCUT2D eigenvalue weighted by molar-refractivity contribution is -0.125. The van der Waals surface area contributed by atoms with Crippen LogP contribution in [0, 0.1) is 0 Å². The molecule has 322 valence electrons. The van der Waals surface area contributed by atoms with Crippen LogP contribution in [-0.4, -0.2) is 46.1 Å². The van der Waals surface area contributed by atoms with E-state index in [4.69, 9.17) is 0 Å². The predicted molar refractivity (Wildman–Crippen MR) is 236 cm³/mol. The molecule has 0 aliphatic rings. The van der Waals surface area contributed by atoms with E-state index in [-0.39, 0.29) is 18.9 Å². The van der Waals surface area contributed by atoms with Crippen molar-refractivity contribution in [3.8, 4) is 0 Å². The summed E-state index contributed by atoms with van der Waals surface area (Å²) in [6, 6.07) is -0.657. The molecule has 0 fully saturated rings. The number of allylic oxidation sites excluding steroid dienone is 2. The van der Waals surface area contributed by atoms with Crippen LogP contribution in [0.3, 0.4) is 0 Å². The molecule has 4 N–H and O–H groups in total. The van der Waals surface area contributed by atoms with Gasteiger partial charge >= 0.3 is 0 Å². The second-order valence-electron chi connectivity index (χ2n) is 17.1. The number of unbranched alkanes of at least 4 members (excludes halogenated alkanes) is 34. The summed E-state index contributed by atoms with van der Waals surface area (Å²) < 4.78 is 0. The summed E-state index contributed by atoms with van der Waals surface area (Å²) in [7, 11) is 0. The number of aliphatic hydroxyl groups is 3. The highest BCUT2D eigenvalue weighted by Gasteiger charge is 2.21. The van der Waals surface area contributed by atoms with Crippen molar-refractivity contribution < 1.29 is 20.1 Å². The first-order valence-electron chi connectivity index (χ1n) is 24.5. The smallest absolute Gasteiger partial charge is 0.222 e. The second-order valence-corrected chi connectivity index (χ2v) is 17.1. The Morgan fingerprint density at radius 2 is 0.741 bits per heavy atom. The maximum Gasteiger partial charge on any atom is 0.222 e. The number of rotatable bonds is 45. The molecule has 0 aliphatic heterocycles. The first-order chi connectivity index (χ1) is 26.5. The van der Waals surface area contributed by atoms with E-state index >= 15 is 0 Å². The Kier molecular flexibility index (Phi) is 44.0. The average molecular weight is 764 g/mol. The Balaban J connectivity index is 3.57. The minimum Gasteiger partial charge on any atom is -0.394 e. The average Bonchev–Trinajstić information content (AvgIpc) is 3.16. The van der Waals surface area contributed by atoms with Gasteiger partial charge in [0.15, 0.2) is 0 Å². The van der Waals surface area contributed by atoms with Gasteiger partial charge in [0.1, 0.15) is 0 Å². The van der Waals surface area contributed by atoms with E-state index in [1.165, 1.54) is 212 Å². The van der Waals surface area contributed by atoms with Crippen molar-refractivity contribution in [3.63, 3.8) is 0 Å². The molecule has 0 aromatic rings. The van der Waals surface area contributed by atoms with Crippen molar-refractivity contribution in [2.24, 2.45) is 0 Å². The molecule has 1 amide bonds. The fourth-order valence-electron chi connectivity index (χ4n) is 7.81. The van der Waals surface area contributed by atoms with Gasteiger partial charge in [-0.05, 0) is 38.5 Å². The van der Waals surface area contributed by atoms with E-state index in [0.717, 1.165) is 25.7 Å². The lowest BCUT2D eigenvalue weighted by atomic mass is 10.0. The molecular weight excluding hydrogens is 667 g/mol. The molecule has 0 saturated heterocycles. The summed E-state index contributed by atoms with van der Waals surface area (Å²) in [5.41, 5.74) is 0. The number of amides is 1. The summed E-state index contributed by atoms with van der Waals surface area (Å²) in [5, 5.41) is 33.5. The maximum atomic E-state index is 12.5. The van der Waals surface area contributed by atoms with Gasteiger partial charge in [0.2, 0.25) is 5.91 Å². The van der Waals surface area contributed by atoms with Crippen LogP contribution < -0.4 is 5.32 Å². The zero-order chi connectivity index (χ0) is 39.4. The third-order valence-corrected chi connectivity index (χ3v) is 11.6. The van der Waals surface area contributed by atoms with Crippen LogP contribution in [-0.2, 0) is 4.79 Å². The summed E-state index contributed by atoms with van der Waals surface area (Å²) >= 11 is 0. The first-order valence-corrected chi connectivity index (χ1v) is 24.5. The van der Waals surface area contributed by atoms with Gasteiger partial charge in [0, 0.05) is 0 Å². The van der Waals surface area contributed by atoms with E-state index in [9.17, 15) is 20.1 Å². The molecular formula is C49H97NO4. The predicted octanol–water partition coefficient (Wildman–Crippen LogP) is 14.4. The van der Waals surface area contributed by atoms with Gasteiger partial charge in [-0.3, -0.25) is 4.79 Å². The fraction of sp³-hybridized carbons (Fsp3) is 0.939. The van der Waals surface area contributed by atoms with E-state index in [2.05, 4.69) is 31.3 Å². The molecule has 0 bridgehead atoms. The third-order valence-electron chi connectivity index (χ3n) is 11.6. The number of carbonyl (C=O) groups is 1. The van der Waals surface area contributed by atoms with Crippen molar-refractivity contribution in [2.75, 3.05) is 6.61 Å². The number of nitrogens with one attached hydrogen (secondary N) is 1. The molecule has 0 saturated carbocycles. The van der Waals surface area contributed by atoms with Gasteiger partial charge in [-0.2, -0.15) is 0 Å². The van der Waals surface area contributed by atoms with Crippen molar-refractivity contribution in [1.29, 1.82) is 0 Å². The summed E-state index contributed by atoms with van der Waals surface area (Å²) in [5.74, 6) is -0.283. The molecule has 0 aromatic heterocycles. The molecule has 0 aromatic carbocycles. The Bertz CT molecular complexity index is 758. The van der Waals surface area contributed by atoms with Crippen molar-refractivity contribution >= 4 is 5.91 Å². The molecule has 54 heavy (non-hydrogen) atoms. The van der Waals surface area contributed by atoms with Crippen LogP contribution in [0.2, 0.25) is 0 Å². The molecule has 3 atom stereocenters. The van der Waals surface area contributed by atoms with Crippen molar-refractivity contribution in [2.45, 2.75) is 289 Å². The largest absolute Gasteiger partial charge is 0.394 e. The highest BCUT2D eigenvalue weighted by molar-refractivity contribution is 5.76. The molecule has 3 unspecified atom stereocenters. The lowest BCUT2D eigenvalue weighted by Crippen LogP contribution is -2.46. The van der Waals surface area contributed by atoms with Crippen molar-refractivity contribution in [3.05, 3.63) is 12.2 Å². The monoisotopic (exact) mass is 764 g/mol. The lowest BCUT2D eigenvalue weighted by Gasteiger charge is -2.23. The first kappa shape index (κ1) is 53.1. The van der Waals surface area contributed by atoms with Crippen LogP contribution in [0.15, 0.2) is 12.2 Å². The molecule has 0 aliphatic carbocycles. The highest BCUT2D eigenvalue weighted by atomic mass is 16.3. The molecule has 0 spiro atoms. The summed E-state index contributed by atoms with van der Waals surface area (Å²) in [4.78, 5) is 12.5. The van der Waals surface area contributed by atoms with Crippen LogP contribution in [0.5, 0.6) is 0 Å². The SMILES string of the molecule is CCCCCCCCCCCCCC/C=C\CCCCCCCCC(O)CC(=O)NC(CO)C(O)CCCCCCCCCCCCCCCCCCC. The molecule has 0 rings (SSSR count). The van der Waals surface area contributed by atoms with Crippen LogP contribution in [0.25, 0.3) is 0 Å². The zero-order valence-corrected chi connectivity index (χ0v) is 36.6. The van der Waals surface area contributed by atoms with Crippen LogP contribution >= 0.6 is 0 Å². The highest BCUT2D eigenvalue weighted by Crippen LogP contribution is 2.17. The van der Waals surface area contributed by atoms with E-state index in [0.29, 0.717) is 12.8 Å². The van der Waals surface area contributed by atoms with Gasteiger partial charge in [0.25, 0.3) is 0 Å². The number of carbonyl (C=O) groups excluding carboxylic acids is 1. The van der Waals surface area contributed by atoms with Gasteiger partial charge in [-0.25, -0.2) is 0 Å². The van der Waals surface area contributed by atoms with Gasteiger partial charge < -0.3 is 20.6 Å². The fourth-order valence-corrected chi connectivity index (χ4v) is 7.81. The summed E-state index contributed by atoms with van der Waals surface area (Å²) in [6.07, 6.45) is 53.3. The molecule has 0 radical (unpaired) electrons. The Morgan fingerprint density at radius 3 is 1.07 bits per heavy atom. The molecule has 5 nitrogen and oxygen atoms in total. The van der Waals surface area contributed by atoms with E-state index < -0.39 is 18.2 Å². The van der Waals surface area contributed by atoms with Gasteiger partial charge in [-0.15, -0.1) is 0 Å².